The molecule has 0 saturated carbocycles. The van der Waals surface area contributed by atoms with E-state index in [0.29, 0.717) is 5.56 Å². The normalized spacial score (nSPS) is 21.2. The maximum Gasteiger partial charge on any atom is 0.373 e. The second-order valence-corrected chi connectivity index (χ2v) is 9.87. The third-order valence-corrected chi connectivity index (χ3v) is 7.56. The molecule has 14 nitrogen and oxygen atoms in total. The molecule has 0 aliphatic carbocycles. The number of nitrogens with one attached hydrogen (secondary N) is 1. The Morgan fingerprint density at radius 1 is 1.23 bits per heavy atom. The van der Waals surface area contributed by atoms with Crippen molar-refractivity contribution in [1.82, 2.24) is 10.2 Å². The van der Waals surface area contributed by atoms with Gasteiger partial charge in [-0.05, 0) is 36.6 Å². The third-order valence-electron chi connectivity index (χ3n) is 6.19. The number of rotatable bonds is 13. The van der Waals surface area contributed by atoms with Crippen LogP contribution in [-0.2, 0) is 38.2 Å². The molecule has 0 spiro atoms. The predicted molar refractivity (Wildman–Crippen MR) is 139 cm³/mol. The number of fused-ring (bicyclic) bond motifs is 1. The summed E-state index contributed by atoms with van der Waals surface area (Å²) in [6.45, 7) is -0.448. The summed E-state index contributed by atoms with van der Waals surface area (Å²) in [7, 11) is 2.46. The molecule has 2 aliphatic rings. The predicted octanol–water partition coefficient (Wildman–Crippen LogP) is 0.218. The highest BCUT2D eigenvalue weighted by molar-refractivity contribution is 8.00. The number of nitrogens with two attached hydrogens (primary N) is 1. The van der Waals surface area contributed by atoms with Gasteiger partial charge in [0.2, 0.25) is 11.7 Å². The molecule has 2 heterocycles. The number of phenols is 1. The number of ether oxygens (including phenoxy) is 3. The fraction of sp³-hybridized carbons (Fsp3) is 0.400. The van der Waals surface area contributed by atoms with E-state index in [1.165, 1.54) is 32.4 Å². The summed E-state index contributed by atoms with van der Waals surface area (Å²) in [6, 6.07) is 4.81. The van der Waals surface area contributed by atoms with E-state index in [9.17, 15) is 34.2 Å². The smallest absolute Gasteiger partial charge is 0.373 e. The summed E-state index contributed by atoms with van der Waals surface area (Å²) in [6.07, 6.45) is 1.45. The molecule has 0 radical (unpaired) electrons. The fourth-order valence-electron chi connectivity index (χ4n) is 4.08. The highest BCUT2D eigenvalue weighted by Crippen LogP contribution is 2.46. The number of esters is 1. The van der Waals surface area contributed by atoms with E-state index in [2.05, 4.69) is 5.32 Å². The molecule has 3 atom stereocenters. The van der Waals surface area contributed by atoms with Gasteiger partial charge in [-0.25, -0.2) is 9.59 Å². The lowest BCUT2D eigenvalue weighted by molar-refractivity contribution is -0.192. The topological polar surface area (TPSA) is 215 Å². The van der Waals surface area contributed by atoms with Crippen LogP contribution in [0.25, 0.3) is 6.08 Å². The summed E-state index contributed by atoms with van der Waals surface area (Å²) < 4.78 is 15.7. The van der Waals surface area contributed by atoms with Gasteiger partial charge in [-0.2, -0.15) is 0 Å². The second-order valence-electron chi connectivity index (χ2n) is 8.80. The standard InChI is InChI=1S/C25H29N3O11S/c1-37-17(10-13-6-8-15(29)9-7-13)22(35)39-11-14-12-40-24-25(38-2,23(36)28(24)19(14)21(33)34)27-18(30)5-3-4-16(26)20(31)32/h6-10,16,24,29H,3-5,11-12,26H2,1-2H3,(H,27,30)(H,31,32)(H,33,34)/b17-10-/t16-,24+,25-/m0/s1. The van der Waals surface area contributed by atoms with Gasteiger partial charge in [-0.1, -0.05) is 12.1 Å². The number of carbonyl (C=O) groups excluding carboxylic acids is 3. The van der Waals surface area contributed by atoms with Crippen molar-refractivity contribution in [2.45, 2.75) is 36.4 Å². The number of methoxy groups -OCH3 is 2. The van der Waals surface area contributed by atoms with Crippen molar-refractivity contribution in [3.8, 4) is 5.75 Å². The van der Waals surface area contributed by atoms with Gasteiger partial charge >= 0.3 is 17.9 Å². The van der Waals surface area contributed by atoms with Gasteiger partial charge < -0.3 is 40.6 Å². The number of carboxylic acid groups (broad SMARTS) is 2. The molecule has 0 unspecified atom stereocenters. The molecule has 40 heavy (non-hydrogen) atoms. The Morgan fingerprint density at radius 3 is 2.48 bits per heavy atom. The highest BCUT2D eigenvalue weighted by Gasteiger charge is 2.66. The Bertz CT molecular complexity index is 1250. The van der Waals surface area contributed by atoms with Gasteiger partial charge in [-0.15, -0.1) is 11.8 Å². The largest absolute Gasteiger partial charge is 0.508 e. The van der Waals surface area contributed by atoms with Crippen LogP contribution in [-0.4, -0.2) is 93.7 Å². The molecule has 216 valence electrons. The van der Waals surface area contributed by atoms with E-state index in [-0.39, 0.29) is 42.1 Å². The Morgan fingerprint density at radius 2 is 1.90 bits per heavy atom. The number of benzene rings is 1. The summed E-state index contributed by atoms with van der Waals surface area (Å²) in [4.78, 5) is 62.2. The fourth-order valence-corrected chi connectivity index (χ4v) is 5.50. The maximum atomic E-state index is 13.2. The Hall–Kier alpha value is -4.08. The van der Waals surface area contributed by atoms with E-state index in [1.54, 1.807) is 12.1 Å². The van der Waals surface area contributed by atoms with Crippen molar-refractivity contribution < 1.29 is 53.5 Å². The second kappa shape index (κ2) is 12.8. The van der Waals surface area contributed by atoms with Crippen molar-refractivity contribution in [1.29, 1.82) is 0 Å². The molecule has 0 aromatic heterocycles. The van der Waals surface area contributed by atoms with Gasteiger partial charge in [0, 0.05) is 24.9 Å². The molecular formula is C25H29N3O11S. The number of aromatic hydroxyl groups is 1. The van der Waals surface area contributed by atoms with Crippen LogP contribution in [0.2, 0.25) is 0 Å². The molecule has 2 amide bonds. The van der Waals surface area contributed by atoms with E-state index in [0.717, 1.165) is 16.7 Å². The minimum Gasteiger partial charge on any atom is -0.508 e. The van der Waals surface area contributed by atoms with E-state index < -0.39 is 59.2 Å². The van der Waals surface area contributed by atoms with Crippen molar-refractivity contribution in [3.63, 3.8) is 0 Å². The van der Waals surface area contributed by atoms with Gasteiger partial charge in [0.05, 0.1) is 7.11 Å². The quantitative estimate of drug-likeness (QED) is 0.0696. The zero-order chi connectivity index (χ0) is 29.6. The van der Waals surface area contributed by atoms with Gasteiger partial charge in [0.15, 0.2) is 0 Å². The van der Waals surface area contributed by atoms with E-state index >= 15 is 0 Å². The first-order valence-corrected chi connectivity index (χ1v) is 13.0. The van der Waals surface area contributed by atoms with Crippen LogP contribution in [0.1, 0.15) is 24.8 Å². The summed E-state index contributed by atoms with van der Waals surface area (Å²) in [5.41, 5.74) is 3.91. The third kappa shape index (κ3) is 6.38. The van der Waals surface area contributed by atoms with Crippen molar-refractivity contribution in [3.05, 3.63) is 46.9 Å². The van der Waals surface area contributed by atoms with E-state index in [4.69, 9.17) is 25.1 Å². The molecule has 6 N–H and O–H groups in total. The molecule has 1 fully saturated rings. The highest BCUT2D eigenvalue weighted by atomic mass is 32.2. The molecule has 0 bridgehead atoms. The number of carboxylic acids is 2. The number of hydrogen-bond donors (Lipinski definition) is 5. The zero-order valence-corrected chi connectivity index (χ0v) is 22.4. The van der Waals surface area contributed by atoms with Gasteiger partial charge in [0.1, 0.15) is 29.5 Å². The van der Waals surface area contributed by atoms with E-state index in [1.807, 2.05) is 0 Å². The van der Waals surface area contributed by atoms with Crippen molar-refractivity contribution in [2.75, 3.05) is 26.6 Å². The number of hydrogen-bond acceptors (Lipinski definition) is 11. The lowest BCUT2D eigenvalue weighted by Gasteiger charge is -2.55. The first-order valence-electron chi connectivity index (χ1n) is 11.9. The molecule has 1 saturated heterocycles. The minimum absolute atomic E-state index is 0.0398. The Labute approximate surface area is 232 Å². The van der Waals surface area contributed by atoms with Crippen LogP contribution in [0.5, 0.6) is 5.75 Å². The Balaban J connectivity index is 1.70. The van der Waals surface area contributed by atoms with Crippen LogP contribution in [0.15, 0.2) is 41.3 Å². The lowest BCUT2D eigenvalue weighted by Crippen LogP contribution is -2.80. The minimum atomic E-state index is -1.82. The monoisotopic (exact) mass is 579 g/mol. The molecule has 3 rings (SSSR count). The molecule has 2 aliphatic heterocycles. The number of β-lactam (4-membered cyclic amide) rings is 1. The first kappa shape index (κ1) is 30.5. The molecular weight excluding hydrogens is 550 g/mol. The number of phenolic OH excluding ortho intramolecular Hbond substituents is 1. The Kier molecular flexibility index (Phi) is 9.78. The number of nitrogens with zero attached hydrogens (tertiary/aromatic N) is 1. The zero-order valence-electron chi connectivity index (χ0n) is 21.6. The number of thioether (sulfide) groups is 1. The molecule has 15 heteroatoms. The average molecular weight is 580 g/mol. The van der Waals surface area contributed by atoms with Crippen molar-refractivity contribution in [2.24, 2.45) is 5.73 Å². The van der Waals surface area contributed by atoms with Crippen LogP contribution in [0.4, 0.5) is 0 Å². The van der Waals surface area contributed by atoms with Gasteiger partial charge in [0.25, 0.3) is 11.6 Å². The van der Waals surface area contributed by atoms with Crippen molar-refractivity contribution >= 4 is 47.6 Å². The summed E-state index contributed by atoms with van der Waals surface area (Å²) >= 11 is 1.11. The van der Waals surface area contributed by atoms with Crippen LogP contribution in [0, 0.1) is 0 Å². The molecule has 1 aromatic rings. The average Bonchev–Trinajstić information content (AvgIpc) is 2.93. The number of carbonyl (C=O) groups is 5. The van der Waals surface area contributed by atoms with Crippen LogP contribution >= 0.6 is 11.8 Å². The first-order chi connectivity index (χ1) is 18.9. The lowest BCUT2D eigenvalue weighted by atomic mass is 9.97. The number of amides is 2. The van der Waals surface area contributed by atoms with Gasteiger partial charge in [-0.3, -0.25) is 19.3 Å². The van der Waals surface area contributed by atoms with Crippen LogP contribution in [0.3, 0.4) is 0 Å². The van der Waals surface area contributed by atoms with Crippen LogP contribution < -0.4 is 11.1 Å². The maximum absolute atomic E-state index is 13.2. The molecule has 1 aromatic carbocycles. The number of aliphatic carboxylic acids is 2. The summed E-state index contributed by atoms with van der Waals surface area (Å²) in [5, 5.41) is 29.7. The SMILES string of the molecule is CO/C(=C\c1ccc(O)cc1)C(=O)OCC1=C(C(=O)O)N2C(=O)[C@](NC(=O)CCC[C@H](N)C(=O)O)(OC)[C@H]2SC1. The summed E-state index contributed by atoms with van der Waals surface area (Å²) in [5.74, 6) is -5.02.